The Hall–Kier alpha value is -1.94. The van der Waals surface area contributed by atoms with Gasteiger partial charge in [-0.1, -0.05) is 420 Å². The van der Waals surface area contributed by atoms with Crippen LogP contribution in [0, 0.1) is 5.92 Å². The van der Waals surface area contributed by atoms with Crippen LogP contribution in [0.2, 0.25) is 0 Å². The van der Waals surface area contributed by atoms with Gasteiger partial charge in [0.2, 0.25) is 0 Å². The molecule has 0 saturated heterocycles. The Bertz CT molecular complexity index is 2010. The van der Waals surface area contributed by atoms with E-state index < -0.39 is 97.5 Å². The molecule has 0 fully saturated rings. The molecule has 0 spiro atoms. The zero-order valence-corrected chi connectivity index (χ0v) is 71.4. The number of esters is 4. The molecule has 0 amide bonds. The summed E-state index contributed by atoms with van der Waals surface area (Å²) in [6.07, 6.45) is 73.9. The third-order valence-electron chi connectivity index (χ3n) is 20.5. The van der Waals surface area contributed by atoms with Crippen LogP contribution in [0.5, 0.6) is 0 Å². The number of hydrogen-bond donors (Lipinski definition) is 3. The van der Waals surface area contributed by atoms with Crippen LogP contribution < -0.4 is 0 Å². The maximum atomic E-state index is 13.2. The molecule has 0 aromatic carbocycles. The molecule has 0 aromatic rings. The van der Waals surface area contributed by atoms with E-state index in [-0.39, 0.29) is 25.7 Å². The minimum atomic E-state index is -4.97. The summed E-state index contributed by atoms with van der Waals surface area (Å²) in [6.45, 7) is 7.31. The Kier molecular flexibility index (Phi) is 78.2. The van der Waals surface area contributed by atoms with Crippen molar-refractivity contribution in [2.45, 2.75) is 490 Å². The molecule has 0 aliphatic carbocycles. The summed E-state index contributed by atoms with van der Waals surface area (Å²) in [6, 6.07) is 0. The summed E-state index contributed by atoms with van der Waals surface area (Å²) in [7, 11) is -9.93. The average molecular weight is 1550 g/mol. The SMILES string of the molecule is CCCCCCCCCCCCCCCCCCCCCCCC(=O)OC[C@H](COP(=O)(O)OC[C@@H](O)COP(=O)(O)OC[C@@H](COC(=O)CCCCCCCCCC(C)C)OC(=O)CCCCCCCCCCCCCCCC)OC(=O)CCCCCCCCCCCCCCCCCCCCCCC. The first-order chi connectivity index (χ1) is 51.5. The number of ether oxygens (including phenoxy) is 4. The molecule has 5 atom stereocenters. The Balaban J connectivity index is 5.20. The predicted octanol–water partition coefficient (Wildman–Crippen LogP) is 26.8. The number of phosphoric acid groups is 2. The van der Waals surface area contributed by atoms with Crippen molar-refractivity contribution in [1.82, 2.24) is 0 Å². The maximum absolute atomic E-state index is 13.2. The summed E-state index contributed by atoms with van der Waals surface area (Å²) >= 11 is 0. The van der Waals surface area contributed by atoms with Crippen molar-refractivity contribution in [1.29, 1.82) is 0 Å². The highest BCUT2D eigenvalue weighted by molar-refractivity contribution is 7.47. The van der Waals surface area contributed by atoms with Crippen molar-refractivity contribution in [3.8, 4) is 0 Å². The molecular formula is C87H170O17P2. The molecule has 0 radical (unpaired) electrons. The van der Waals surface area contributed by atoms with E-state index >= 15 is 0 Å². The molecule has 0 bridgehead atoms. The van der Waals surface area contributed by atoms with Gasteiger partial charge in [-0.25, -0.2) is 9.13 Å². The van der Waals surface area contributed by atoms with Gasteiger partial charge in [0.05, 0.1) is 26.4 Å². The number of hydrogen-bond acceptors (Lipinski definition) is 15. The lowest BCUT2D eigenvalue weighted by Crippen LogP contribution is -2.30. The highest BCUT2D eigenvalue weighted by atomic mass is 31.2. The van der Waals surface area contributed by atoms with E-state index in [1.807, 2.05) is 0 Å². The summed E-state index contributed by atoms with van der Waals surface area (Å²) in [4.78, 5) is 73.2. The van der Waals surface area contributed by atoms with Crippen LogP contribution in [0.3, 0.4) is 0 Å². The fraction of sp³-hybridized carbons (Fsp3) is 0.954. The standard InChI is InChI=1S/C87H170O17P2/c1-6-9-12-15-18-21-24-27-30-32-34-36-38-40-42-45-47-50-55-60-65-70-84(89)97-76-82(103-86(91)73-68-63-57-52-49-46-43-41-39-37-35-33-31-28-25-22-19-16-13-10-7-2)78-101-105(93,94)99-74-81(88)75-100-106(95,96)102-79-83(77-98-85(90)71-66-61-58-53-54-59-64-69-80(4)5)104-87(92)72-67-62-56-51-48-44-29-26-23-20-17-14-11-8-3/h80-83,88H,6-79H2,1-5H3,(H,93,94)(H,95,96)/t81-,82-,83-/m1/s1. The molecule has 0 rings (SSSR count). The normalized spacial score (nSPS) is 13.7. The quantitative estimate of drug-likeness (QED) is 0.0222. The Labute approximate surface area is 651 Å². The lowest BCUT2D eigenvalue weighted by atomic mass is 10.0. The van der Waals surface area contributed by atoms with E-state index in [2.05, 4.69) is 34.6 Å². The zero-order chi connectivity index (χ0) is 77.6. The second-order valence-electron chi connectivity index (χ2n) is 31.8. The molecular weight excluding hydrogens is 1380 g/mol. The van der Waals surface area contributed by atoms with Gasteiger partial charge in [-0.05, 0) is 31.6 Å². The van der Waals surface area contributed by atoms with Crippen molar-refractivity contribution in [2.75, 3.05) is 39.6 Å². The summed E-state index contributed by atoms with van der Waals surface area (Å²) in [5, 5.41) is 10.7. The monoisotopic (exact) mass is 1550 g/mol. The van der Waals surface area contributed by atoms with Crippen LogP contribution >= 0.6 is 15.6 Å². The minimum absolute atomic E-state index is 0.108. The number of carbonyl (C=O) groups excluding carboxylic acids is 4. The number of phosphoric ester groups is 2. The van der Waals surface area contributed by atoms with Gasteiger partial charge in [-0.3, -0.25) is 37.3 Å². The van der Waals surface area contributed by atoms with Crippen molar-refractivity contribution >= 4 is 39.5 Å². The topological polar surface area (TPSA) is 237 Å². The van der Waals surface area contributed by atoms with Crippen LogP contribution in [0.25, 0.3) is 0 Å². The van der Waals surface area contributed by atoms with E-state index in [1.54, 1.807) is 0 Å². The molecule has 106 heavy (non-hydrogen) atoms. The number of rotatable bonds is 87. The van der Waals surface area contributed by atoms with Gasteiger partial charge in [-0.15, -0.1) is 0 Å². The fourth-order valence-electron chi connectivity index (χ4n) is 13.6. The van der Waals surface area contributed by atoms with E-state index in [4.69, 9.17) is 37.0 Å². The van der Waals surface area contributed by atoms with E-state index in [9.17, 15) is 43.2 Å². The number of aliphatic hydroxyl groups excluding tert-OH is 1. The largest absolute Gasteiger partial charge is 0.472 e. The van der Waals surface area contributed by atoms with E-state index in [0.717, 1.165) is 96.3 Å². The van der Waals surface area contributed by atoms with Crippen LogP contribution in [0.4, 0.5) is 0 Å². The Morgan fingerprint density at radius 1 is 0.255 bits per heavy atom. The number of carbonyl (C=O) groups is 4. The first-order valence-electron chi connectivity index (χ1n) is 45.1. The van der Waals surface area contributed by atoms with E-state index in [1.165, 1.54) is 289 Å². The van der Waals surface area contributed by atoms with Crippen LogP contribution in [-0.4, -0.2) is 96.7 Å². The van der Waals surface area contributed by atoms with Crippen LogP contribution in [0.15, 0.2) is 0 Å². The van der Waals surface area contributed by atoms with Crippen molar-refractivity contribution in [3.05, 3.63) is 0 Å². The first-order valence-corrected chi connectivity index (χ1v) is 48.1. The van der Waals surface area contributed by atoms with Gasteiger partial charge in [0.25, 0.3) is 0 Å². The van der Waals surface area contributed by atoms with Crippen molar-refractivity contribution in [2.24, 2.45) is 5.92 Å². The Morgan fingerprint density at radius 2 is 0.434 bits per heavy atom. The van der Waals surface area contributed by atoms with E-state index in [0.29, 0.717) is 31.6 Å². The molecule has 0 heterocycles. The first kappa shape index (κ1) is 104. The van der Waals surface area contributed by atoms with Gasteiger partial charge >= 0.3 is 39.5 Å². The molecule has 0 aliphatic heterocycles. The second-order valence-corrected chi connectivity index (χ2v) is 34.7. The third-order valence-corrected chi connectivity index (χ3v) is 22.4. The molecule has 0 saturated carbocycles. The lowest BCUT2D eigenvalue weighted by Gasteiger charge is -2.21. The van der Waals surface area contributed by atoms with Gasteiger partial charge in [0, 0.05) is 25.7 Å². The zero-order valence-electron chi connectivity index (χ0n) is 69.6. The van der Waals surface area contributed by atoms with Gasteiger partial charge < -0.3 is 33.8 Å². The number of unbranched alkanes of at least 4 members (excludes halogenated alkanes) is 59. The smallest absolute Gasteiger partial charge is 0.462 e. The summed E-state index contributed by atoms with van der Waals surface area (Å²) in [5.74, 6) is -1.40. The van der Waals surface area contributed by atoms with Crippen molar-refractivity contribution in [3.63, 3.8) is 0 Å². The summed E-state index contributed by atoms with van der Waals surface area (Å²) < 4.78 is 68.9. The summed E-state index contributed by atoms with van der Waals surface area (Å²) in [5.41, 5.74) is 0. The maximum Gasteiger partial charge on any atom is 0.472 e. The molecule has 3 N–H and O–H groups in total. The van der Waals surface area contributed by atoms with Crippen molar-refractivity contribution < 1.29 is 80.2 Å². The van der Waals surface area contributed by atoms with Gasteiger partial charge in [0.15, 0.2) is 12.2 Å². The molecule has 0 aliphatic rings. The average Bonchev–Trinajstić information content (AvgIpc) is 0.907. The highest BCUT2D eigenvalue weighted by Gasteiger charge is 2.30. The molecule has 2 unspecified atom stereocenters. The van der Waals surface area contributed by atoms with Crippen LogP contribution in [0.1, 0.15) is 471 Å². The van der Waals surface area contributed by atoms with Crippen LogP contribution in [-0.2, 0) is 65.4 Å². The second kappa shape index (κ2) is 79.7. The molecule has 0 aromatic heterocycles. The molecule has 630 valence electrons. The fourth-order valence-corrected chi connectivity index (χ4v) is 15.2. The minimum Gasteiger partial charge on any atom is -0.462 e. The third kappa shape index (κ3) is 80.1. The van der Waals surface area contributed by atoms with Gasteiger partial charge in [-0.2, -0.15) is 0 Å². The Morgan fingerprint density at radius 3 is 0.642 bits per heavy atom. The highest BCUT2D eigenvalue weighted by Crippen LogP contribution is 2.45. The lowest BCUT2D eigenvalue weighted by molar-refractivity contribution is -0.161. The molecule has 19 heteroatoms. The van der Waals surface area contributed by atoms with Gasteiger partial charge in [0.1, 0.15) is 19.3 Å². The predicted molar refractivity (Wildman–Crippen MR) is 437 cm³/mol. The number of aliphatic hydroxyl groups is 1. The molecule has 17 nitrogen and oxygen atoms in total.